The Hall–Kier alpha value is -1.10. The molecule has 0 amide bonds. The smallest absolute Gasteiger partial charge is 0.322 e. The lowest BCUT2D eigenvalue weighted by Gasteiger charge is -2.17. The maximum atomic E-state index is 5.84. The highest BCUT2D eigenvalue weighted by Gasteiger charge is 2.33. The molecule has 17 heavy (non-hydrogen) atoms. The van der Waals surface area contributed by atoms with Gasteiger partial charge in [0.25, 0.3) is 0 Å². The summed E-state index contributed by atoms with van der Waals surface area (Å²) in [7, 11) is 1.96. The summed E-state index contributed by atoms with van der Waals surface area (Å²) >= 11 is 5.84. The number of hydrogen-bond donors (Lipinski definition) is 0. The van der Waals surface area contributed by atoms with Crippen LogP contribution in [0.1, 0.15) is 20.3 Å². The van der Waals surface area contributed by atoms with Gasteiger partial charge in [-0.15, -0.1) is 0 Å². The van der Waals surface area contributed by atoms with Crippen LogP contribution in [0.25, 0.3) is 0 Å². The molecule has 1 aromatic heterocycles. The number of aromatic nitrogens is 3. The first kappa shape index (κ1) is 12.4. The van der Waals surface area contributed by atoms with Crippen LogP contribution in [0.2, 0.25) is 5.28 Å². The Labute approximate surface area is 106 Å². The van der Waals surface area contributed by atoms with E-state index in [1.54, 1.807) is 0 Å². The third-order valence-corrected chi connectivity index (χ3v) is 3.14. The van der Waals surface area contributed by atoms with E-state index in [2.05, 4.69) is 21.9 Å². The summed E-state index contributed by atoms with van der Waals surface area (Å²) in [4.78, 5) is 14.3. The number of rotatable bonds is 5. The van der Waals surface area contributed by atoms with Crippen molar-refractivity contribution < 1.29 is 4.74 Å². The summed E-state index contributed by atoms with van der Waals surface area (Å²) in [5.41, 5.74) is 0. The molecule has 2 rings (SSSR count). The van der Waals surface area contributed by atoms with Crippen LogP contribution in [0.3, 0.4) is 0 Å². The van der Waals surface area contributed by atoms with Crippen molar-refractivity contribution in [2.75, 3.05) is 25.1 Å². The van der Waals surface area contributed by atoms with E-state index in [-0.39, 0.29) is 11.3 Å². The van der Waals surface area contributed by atoms with Crippen molar-refractivity contribution in [3.05, 3.63) is 5.28 Å². The summed E-state index contributed by atoms with van der Waals surface area (Å²) < 4.78 is 5.25. The zero-order valence-corrected chi connectivity index (χ0v) is 11.1. The van der Waals surface area contributed by atoms with Gasteiger partial charge in [-0.25, -0.2) is 0 Å². The molecule has 0 saturated heterocycles. The molecule has 94 valence electrons. The Morgan fingerprint density at radius 2 is 2.12 bits per heavy atom. The van der Waals surface area contributed by atoms with Gasteiger partial charge in [0.2, 0.25) is 11.2 Å². The number of nitrogens with zero attached hydrogens (tertiary/aromatic N) is 4. The molecule has 1 aliphatic carbocycles. The minimum atomic E-state index is 0.175. The quantitative estimate of drug-likeness (QED) is 0.807. The average Bonchev–Trinajstić information content (AvgIpc) is 2.93. The molecule has 0 N–H and O–H groups in total. The fourth-order valence-corrected chi connectivity index (χ4v) is 1.92. The first-order valence-corrected chi connectivity index (χ1v) is 6.23. The van der Waals surface area contributed by atoms with Crippen LogP contribution in [0, 0.1) is 11.8 Å². The van der Waals surface area contributed by atoms with E-state index in [4.69, 9.17) is 16.3 Å². The number of anilines is 1. The molecule has 5 nitrogen and oxygen atoms in total. The minimum absolute atomic E-state index is 0.175. The molecule has 2 atom stereocenters. The SMILES string of the molecule is CCOc1nc(Cl)nc(N(C)CC2CC2C)n1. The molecule has 1 fully saturated rings. The van der Waals surface area contributed by atoms with Crippen molar-refractivity contribution in [3.8, 4) is 6.01 Å². The molecule has 1 aromatic rings. The first-order valence-electron chi connectivity index (χ1n) is 5.85. The molecular formula is C11H17ClN4O. The molecule has 0 bridgehead atoms. The molecule has 1 heterocycles. The monoisotopic (exact) mass is 256 g/mol. The molecule has 0 spiro atoms. The fraction of sp³-hybridized carbons (Fsp3) is 0.727. The second kappa shape index (κ2) is 5.04. The molecule has 2 unspecified atom stereocenters. The van der Waals surface area contributed by atoms with Gasteiger partial charge >= 0.3 is 6.01 Å². The van der Waals surface area contributed by atoms with Gasteiger partial charge in [-0.2, -0.15) is 15.0 Å². The Morgan fingerprint density at radius 1 is 1.41 bits per heavy atom. The Morgan fingerprint density at radius 3 is 2.71 bits per heavy atom. The normalized spacial score (nSPS) is 22.4. The van der Waals surface area contributed by atoms with E-state index in [1.807, 2.05) is 18.9 Å². The Bertz CT molecular complexity index is 401. The van der Waals surface area contributed by atoms with Crippen molar-refractivity contribution in [2.24, 2.45) is 11.8 Å². The summed E-state index contributed by atoms with van der Waals surface area (Å²) in [6.45, 7) is 5.60. The molecule has 0 aromatic carbocycles. The largest absolute Gasteiger partial charge is 0.464 e. The Kier molecular flexibility index (Phi) is 3.66. The predicted octanol–water partition coefficient (Wildman–Crippen LogP) is 2.02. The molecule has 1 saturated carbocycles. The molecule has 6 heteroatoms. The van der Waals surface area contributed by atoms with Crippen LogP contribution in [0.4, 0.5) is 5.95 Å². The number of halogens is 1. The van der Waals surface area contributed by atoms with Gasteiger partial charge in [-0.3, -0.25) is 0 Å². The highest BCUT2D eigenvalue weighted by atomic mass is 35.5. The van der Waals surface area contributed by atoms with Crippen molar-refractivity contribution in [1.82, 2.24) is 15.0 Å². The summed E-state index contributed by atoms with van der Waals surface area (Å²) in [6.07, 6.45) is 1.28. The highest BCUT2D eigenvalue weighted by Crippen LogP contribution is 2.38. The third kappa shape index (κ3) is 3.19. The van der Waals surface area contributed by atoms with Gasteiger partial charge < -0.3 is 9.64 Å². The van der Waals surface area contributed by atoms with Crippen LogP contribution in [0.15, 0.2) is 0 Å². The van der Waals surface area contributed by atoms with Gasteiger partial charge in [-0.05, 0) is 36.8 Å². The Balaban J connectivity index is 2.07. The maximum absolute atomic E-state index is 5.84. The highest BCUT2D eigenvalue weighted by molar-refractivity contribution is 6.28. The average molecular weight is 257 g/mol. The van der Waals surface area contributed by atoms with Gasteiger partial charge in [-0.1, -0.05) is 6.92 Å². The standard InChI is InChI=1S/C11H17ClN4O/c1-4-17-11-14-9(12)13-10(15-11)16(3)6-8-5-7(8)2/h7-8H,4-6H2,1-3H3. The molecule has 0 radical (unpaired) electrons. The third-order valence-electron chi connectivity index (χ3n) is 2.98. The van der Waals surface area contributed by atoms with E-state index >= 15 is 0 Å². The zero-order chi connectivity index (χ0) is 12.4. The van der Waals surface area contributed by atoms with Gasteiger partial charge in [0.05, 0.1) is 6.61 Å². The predicted molar refractivity (Wildman–Crippen MR) is 66.5 cm³/mol. The topological polar surface area (TPSA) is 51.1 Å². The second-order valence-corrected chi connectivity index (χ2v) is 4.81. The summed E-state index contributed by atoms with van der Waals surface area (Å²) in [6, 6.07) is 0.290. The van der Waals surface area contributed by atoms with Gasteiger partial charge in [0.15, 0.2) is 0 Å². The van der Waals surface area contributed by atoms with E-state index in [0.717, 1.165) is 18.4 Å². The van der Waals surface area contributed by atoms with Crippen LogP contribution in [0.5, 0.6) is 6.01 Å². The van der Waals surface area contributed by atoms with E-state index in [0.29, 0.717) is 12.6 Å². The van der Waals surface area contributed by atoms with E-state index in [1.165, 1.54) is 6.42 Å². The van der Waals surface area contributed by atoms with E-state index in [9.17, 15) is 0 Å². The maximum Gasteiger partial charge on any atom is 0.322 e. The molecule has 0 aliphatic heterocycles. The van der Waals surface area contributed by atoms with E-state index < -0.39 is 0 Å². The van der Waals surface area contributed by atoms with Crippen molar-refractivity contribution >= 4 is 17.5 Å². The fourth-order valence-electron chi connectivity index (χ4n) is 1.77. The van der Waals surface area contributed by atoms with Crippen LogP contribution in [-0.2, 0) is 0 Å². The number of hydrogen-bond acceptors (Lipinski definition) is 5. The zero-order valence-electron chi connectivity index (χ0n) is 10.4. The molecule has 1 aliphatic rings. The van der Waals surface area contributed by atoms with Crippen LogP contribution >= 0.6 is 11.6 Å². The van der Waals surface area contributed by atoms with Crippen molar-refractivity contribution in [1.29, 1.82) is 0 Å². The summed E-state index contributed by atoms with van der Waals surface area (Å²) in [5, 5.41) is 0.175. The van der Waals surface area contributed by atoms with Crippen molar-refractivity contribution in [3.63, 3.8) is 0 Å². The van der Waals surface area contributed by atoms with Gasteiger partial charge in [0.1, 0.15) is 0 Å². The minimum Gasteiger partial charge on any atom is -0.464 e. The summed E-state index contributed by atoms with van der Waals surface area (Å²) in [5.74, 6) is 2.12. The lowest BCUT2D eigenvalue weighted by atomic mass is 10.3. The lowest BCUT2D eigenvalue weighted by molar-refractivity contribution is 0.311. The van der Waals surface area contributed by atoms with Crippen molar-refractivity contribution in [2.45, 2.75) is 20.3 Å². The van der Waals surface area contributed by atoms with Gasteiger partial charge in [0, 0.05) is 13.6 Å². The van der Waals surface area contributed by atoms with Crippen LogP contribution < -0.4 is 9.64 Å². The lowest BCUT2D eigenvalue weighted by Crippen LogP contribution is -2.23. The second-order valence-electron chi connectivity index (χ2n) is 4.47. The first-order chi connectivity index (χ1) is 8.10. The molecular weight excluding hydrogens is 240 g/mol. The number of ether oxygens (including phenoxy) is 1. The van der Waals surface area contributed by atoms with Crippen LogP contribution in [-0.4, -0.2) is 35.2 Å².